The Morgan fingerprint density at radius 1 is 1.27 bits per heavy atom. The van der Waals surface area contributed by atoms with Crippen molar-refractivity contribution in [1.82, 2.24) is 9.55 Å². The highest BCUT2D eigenvalue weighted by molar-refractivity contribution is 8.00. The third-order valence-electron chi connectivity index (χ3n) is 3.93. The Labute approximate surface area is 154 Å². The van der Waals surface area contributed by atoms with E-state index in [1.807, 2.05) is 38.1 Å². The monoisotopic (exact) mass is 370 g/mol. The van der Waals surface area contributed by atoms with E-state index in [2.05, 4.69) is 14.9 Å². The van der Waals surface area contributed by atoms with E-state index in [1.165, 1.54) is 36.0 Å². The summed E-state index contributed by atoms with van der Waals surface area (Å²) in [5.41, 5.74) is 2.46. The Bertz CT molecular complexity index is 953. The number of aromatic nitrogens is 2. The number of thioether (sulfide) groups is 1. The van der Waals surface area contributed by atoms with Crippen LogP contribution in [0.1, 0.15) is 13.8 Å². The molecule has 0 fully saturated rings. The molecule has 7 nitrogen and oxygen atoms in total. The van der Waals surface area contributed by atoms with Gasteiger partial charge in [-0.3, -0.25) is 14.9 Å². The molecular formula is C18H18N4O3S. The number of imidazole rings is 1. The van der Waals surface area contributed by atoms with Gasteiger partial charge in [-0.05, 0) is 38.1 Å². The molecule has 0 saturated heterocycles. The largest absolute Gasteiger partial charge is 0.325 e. The van der Waals surface area contributed by atoms with E-state index < -0.39 is 4.92 Å². The maximum Gasteiger partial charge on any atom is 0.269 e. The summed E-state index contributed by atoms with van der Waals surface area (Å²) in [7, 11) is 0. The van der Waals surface area contributed by atoms with Crippen molar-refractivity contribution in [1.29, 1.82) is 0 Å². The molecule has 3 aromatic rings. The number of rotatable bonds is 6. The lowest BCUT2D eigenvalue weighted by Gasteiger charge is -2.12. The van der Waals surface area contributed by atoms with E-state index in [1.54, 1.807) is 0 Å². The van der Waals surface area contributed by atoms with Crippen LogP contribution in [0.15, 0.2) is 53.7 Å². The zero-order valence-electron chi connectivity index (χ0n) is 14.4. The summed E-state index contributed by atoms with van der Waals surface area (Å²) >= 11 is 1.39. The number of amides is 1. The molecule has 0 spiro atoms. The number of fused-ring (bicyclic) bond motifs is 1. The van der Waals surface area contributed by atoms with Gasteiger partial charge < -0.3 is 9.88 Å². The second kappa shape index (κ2) is 7.57. The van der Waals surface area contributed by atoms with Gasteiger partial charge in [0.15, 0.2) is 5.16 Å². The smallest absolute Gasteiger partial charge is 0.269 e. The SMILES string of the molecule is CCn1c(SC(C)C(=O)Nc2ccc([N+](=O)[O-])cc2)nc2ccccc21. The Morgan fingerprint density at radius 3 is 2.62 bits per heavy atom. The van der Waals surface area contributed by atoms with Crippen LogP contribution in [0.3, 0.4) is 0 Å². The molecule has 0 aliphatic heterocycles. The maximum atomic E-state index is 12.4. The molecule has 1 aromatic heterocycles. The van der Waals surface area contributed by atoms with Gasteiger partial charge in [-0.25, -0.2) is 4.98 Å². The zero-order valence-corrected chi connectivity index (χ0v) is 15.2. The predicted molar refractivity (Wildman–Crippen MR) is 102 cm³/mol. The molecule has 1 amide bonds. The zero-order chi connectivity index (χ0) is 18.7. The Morgan fingerprint density at radius 2 is 1.96 bits per heavy atom. The number of nitrogens with one attached hydrogen (secondary N) is 1. The summed E-state index contributed by atoms with van der Waals surface area (Å²) in [4.78, 5) is 27.3. The van der Waals surface area contributed by atoms with E-state index in [0.717, 1.165) is 22.7 Å². The number of aryl methyl sites for hydroxylation is 1. The van der Waals surface area contributed by atoms with Gasteiger partial charge >= 0.3 is 0 Å². The first kappa shape index (κ1) is 17.9. The quantitative estimate of drug-likeness (QED) is 0.401. The number of carbonyl (C=O) groups is 1. The number of benzene rings is 2. The predicted octanol–water partition coefficient (Wildman–Crippen LogP) is 4.08. The van der Waals surface area contributed by atoms with E-state index in [4.69, 9.17) is 0 Å². The number of hydrogen-bond acceptors (Lipinski definition) is 5. The standard InChI is InChI=1S/C18H18N4O3S/c1-3-21-16-7-5-4-6-15(16)20-18(21)26-12(2)17(23)19-13-8-10-14(11-9-13)22(24)25/h4-12H,3H2,1-2H3,(H,19,23). The van der Waals surface area contributed by atoms with Crippen molar-refractivity contribution in [2.45, 2.75) is 30.8 Å². The van der Waals surface area contributed by atoms with Gasteiger partial charge in [-0.1, -0.05) is 23.9 Å². The minimum Gasteiger partial charge on any atom is -0.325 e. The van der Waals surface area contributed by atoms with Crippen LogP contribution in [0, 0.1) is 10.1 Å². The number of anilines is 1. The van der Waals surface area contributed by atoms with Gasteiger partial charge in [-0.2, -0.15) is 0 Å². The molecular weight excluding hydrogens is 352 g/mol. The fourth-order valence-corrected chi connectivity index (χ4v) is 3.56. The minimum absolute atomic E-state index is 0.0120. The van der Waals surface area contributed by atoms with Crippen molar-refractivity contribution in [3.8, 4) is 0 Å². The van der Waals surface area contributed by atoms with E-state index in [-0.39, 0.29) is 16.8 Å². The first-order chi connectivity index (χ1) is 12.5. The van der Waals surface area contributed by atoms with Crippen LogP contribution < -0.4 is 5.32 Å². The minimum atomic E-state index is -0.473. The fraction of sp³-hybridized carbons (Fsp3) is 0.222. The summed E-state index contributed by atoms with van der Waals surface area (Å²) in [5, 5.41) is 13.9. The number of nitro benzene ring substituents is 1. The molecule has 0 saturated carbocycles. The number of para-hydroxylation sites is 2. The van der Waals surface area contributed by atoms with Crippen molar-refractivity contribution >= 4 is 40.1 Å². The summed E-state index contributed by atoms with van der Waals surface area (Å²) < 4.78 is 2.08. The Hall–Kier alpha value is -2.87. The van der Waals surface area contributed by atoms with Crippen LogP contribution in [0.4, 0.5) is 11.4 Å². The molecule has 2 aromatic carbocycles. The van der Waals surface area contributed by atoms with Gasteiger partial charge in [-0.15, -0.1) is 0 Å². The lowest BCUT2D eigenvalue weighted by molar-refractivity contribution is -0.384. The van der Waals surface area contributed by atoms with Gasteiger partial charge in [0.2, 0.25) is 5.91 Å². The van der Waals surface area contributed by atoms with Gasteiger partial charge in [0, 0.05) is 24.4 Å². The van der Waals surface area contributed by atoms with E-state index >= 15 is 0 Å². The summed E-state index contributed by atoms with van der Waals surface area (Å²) in [6.07, 6.45) is 0. The number of hydrogen-bond donors (Lipinski definition) is 1. The molecule has 1 N–H and O–H groups in total. The third-order valence-corrected chi connectivity index (χ3v) is 5.02. The molecule has 0 radical (unpaired) electrons. The number of non-ortho nitro benzene ring substituents is 1. The molecule has 0 aliphatic carbocycles. The summed E-state index contributed by atoms with van der Waals surface area (Å²) in [5.74, 6) is -0.182. The highest BCUT2D eigenvalue weighted by Crippen LogP contribution is 2.28. The van der Waals surface area contributed by atoms with E-state index in [0.29, 0.717) is 5.69 Å². The van der Waals surface area contributed by atoms with Crippen LogP contribution in [0.5, 0.6) is 0 Å². The van der Waals surface area contributed by atoms with Crippen LogP contribution in [-0.2, 0) is 11.3 Å². The topological polar surface area (TPSA) is 90.1 Å². The van der Waals surface area contributed by atoms with Crippen molar-refractivity contribution in [3.63, 3.8) is 0 Å². The van der Waals surface area contributed by atoms with Crippen molar-refractivity contribution in [3.05, 3.63) is 58.6 Å². The average molecular weight is 370 g/mol. The molecule has 0 bridgehead atoms. The Kier molecular flexibility index (Phi) is 5.22. The fourth-order valence-electron chi connectivity index (χ4n) is 2.57. The number of carbonyl (C=O) groups excluding carboxylic acids is 1. The average Bonchev–Trinajstić information content (AvgIpc) is 2.99. The molecule has 8 heteroatoms. The molecule has 3 rings (SSSR count). The first-order valence-electron chi connectivity index (χ1n) is 8.17. The molecule has 134 valence electrons. The second-order valence-electron chi connectivity index (χ2n) is 5.68. The lowest BCUT2D eigenvalue weighted by Crippen LogP contribution is -2.22. The summed E-state index contributed by atoms with van der Waals surface area (Å²) in [6.45, 7) is 4.62. The molecule has 26 heavy (non-hydrogen) atoms. The first-order valence-corrected chi connectivity index (χ1v) is 9.04. The molecule has 0 aliphatic rings. The number of nitrogens with zero attached hydrogens (tertiary/aromatic N) is 3. The van der Waals surface area contributed by atoms with Crippen molar-refractivity contribution < 1.29 is 9.72 Å². The van der Waals surface area contributed by atoms with Gasteiger partial charge in [0.05, 0.1) is 21.2 Å². The van der Waals surface area contributed by atoms with Gasteiger partial charge in [0.1, 0.15) is 0 Å². The molecule has 1 atom stereocenters. The van der Waals surface area contributed by atoms with Crippen molar-refractivity contribution in [2.75, 3.05) is 5.32 Å². The molecule has 1 heterocycles. The highest BCUT2D eigenvalue weighted by Gasteiger charge is 2.19. The van der Waals surface area contributed by atoms with E-state index in [9.17, 15) is 14.9 Å². The lowest BCUT2D eigenvalue weighted by atomic mass is 10.3. The highest BCUT2D eigenvalue weighted by atomic mass is 32.2. The van der Waals surface area contributed by atoms with Gasteiger partial charge in [0.25, 0.3) is 5.69 Å². The van der Waals surface area contributed by atoms with Crippen molar-refractivity contribution in [2.24, 2.45) is 0 Å². The maximum absolute atomic E-state index is 12.4. The van der Waals surface area contributed by atoms with Crippen LogP contribution in [-0.4, -0.2) is 25.6 Å². The van der Waals surface area contributed by atoms with Crippen LogP contribution in [0.2, 0.25) is 0 Å². The van der Waals surface area contributed by atoms with Crippen LogP contribution >= 0.6 is 11.8 Å². The number of nitro groups is 1. The normalized spacial score (nSPS) is 12.1. The Balaban J connectivity index is 1.72. The molecule has 1 unspecified atom stereocenters. The van der Waals surface area contributed by atoms with Crippen LogP contribution in [0.25, 0.3) is 11.0 Å². The second-order valence-corrected chi connectivity index (χ2v) is 6.99. The summed E-state index contributed by atoms with van der Waals surface area (Å²) in [6, 6.07) is 13.6. The third kappa shape index (κ3) is 3.70.